The van der Waals surface area contributed by atoms with Gasteiger partial charge in [-0.25, -0.2) is 0 Å². The van der Waals surface area contributed by atoms with Crippen molar-refractivity contribution in [1.29, 1.82) is 0 Å². The van der Waals surface area contributed by atoms with Gasteiger partial charge in [0.1, 0.15) is 6.33 Å². The first kappa shape index (κ1) is 11.7. The molecule has 2 heterocycles. The monoisotopic (exact) mass is 262 g/mol. The number of nitrogens with one attached hydrogen (secondary N) is 1. The van der Waals surface area contributed by atoms with Crippen molar-refractivity contribution in [3.8, 4) is 11.4 Å². The second-order valence-corrected chi connectivity index (χ2v) is 4.99. The van der Waals surface area contributed by atoms with Gasteiger partial charge in [-0.05, 0) is 50.2 Å². The highest BCUT2D eigenvalue weighted by Crippen LogP contribution is 2.26. The van der Waals surface area contributed by atoms with Gasteiger partial charge in [-0.2, -0.15) is 0 Å². The summed E-state index contributed by atoms with van der Waals surface area (Å²) in [4.78, 5) is 0. The van der Waals surface area contributed by atoms with Gasteiger partial charge in [-0.1, -0.05) is 11.6 Å². The van der Waals surface area contributed by atoms with E-state index in [-0.39, 0.29) is 0 Å². The molecule has 1 aliphatic heterocycles. The van der Waals surface area contributed by atoms with E-state index in [9.17, 15) is 0 Å². The Hall–Kier alpha value is -1.39. The first-order valence-corrected chi connectivity index (χ1v) is 6.58. The summed E-state index contributed by atoms with van der Waals surface area (Å²) in [7, 11) is 0. The zero-order valence-electron chi connectivity index (χ0n) is 10.0. The number of hydrogen-bond acceptors (Lipinski definition) is 3. The lowest BCUT2D eigenvalue weighted by Crippen LogP contribution is -2.29. The Bertz CT molecular complexity index is 514. The number of nitrogens with zero attached hydrogens (tertiary/aromatic N) is 3. The van der Waals surface area contributed by atoms with E-state index in [0.29, 0.717) is 6.04 Å². The van der Waals surface area contributed by atoms with Crippen molar-refractivity contribution in [3.63, 3.8) is 0 Å². The molecule has 0 radical (unpaired) electrons. The van der Waals surface area contributed by atoms with Gasteiger partial charge in [0.15, 0.2) is 5.82 Å². The van der Waals surface area contributed by atoms with E-state index < -0.39 is 0 Å². The Balaban J connectivity index is 1.93. The number of hydrogen-bond donors (Lipinski definition) is 1. The van der Waals surface area contributed by atoms with Crippen molar-refractivity contribution in [2.45, 2.75) is 18.9 Å². The Morgan fingerprint density at radius 2 is 1.89 bits per heavy atom. The van der Waals surface area contributed by atoms with Crippen LogP contribution in [0.1, 0.15) is 18.9 Å². The average Bonchev–Trinajstić information content (AvgIpc) is 2.90. The van der Waals surface area contributed by atoms with Crippen LogP contribution in [0.15, 0.2) is 30.6 Å². The van der Waals surface area contributed by atoms with E-state index in [4.69, 9.17) is 11.6 Å². The molecule has 1 fully saturated rings. The molecule has 1 saturated heterocycles. The van der Waals surface area contributed by atoms with Crippen molar-refractivity contribution in [2.24, 2.45) is 0 Å². The average molecular weight is 263 g/mol. The van der Waals surface area contributed by atoms with Crippen molar-refractivity contribution in [2.75, 3.05) is 13.1 Å². The van der Waals surface area contributed by atoms with E-state index in [0.717, 1.165) is 42.3 Å². The van der Waals surface area contributed by atoms with Gasteiger partial charge in [-0.15, -0.1) is 10.2 Å². The van der Waals surface area contributed by atoms with Crippen molar-refractivity contribution in [3.05, 3.63) is 35.6 Å². The SMILES string of the molecule is Clc1ccc(-c2nncn2C2CCNCC2)cc1. The highest BCUT2D eigenvalue weighted by atomic mass is 35.5. The molecule has 1 N–H and O–H groups in total. The summed E-state index contributed by atoms with van der Waals surface area (Å²) < 4.78 is 2.18. The van der Waals surface area contributed by atoms with E-state index in [1.807, 2.05) is 30.6 Å². The minimum Gasteiger partial charge on any atom is -0.317 e. The molecule has 5 heteroatoms. The van der Waals surface area contributed by atoms with Crippen molar-refractivity contribution in [1.82, 2.24) is 20.1 Å². The predicted molar refractivity (Wildman–Crippen MR) is 71.6 cm³/mol. The fourth-order valence-corrected chi connectivity index (χ4v) is 2.53. The molecule has 18 heavy (non-hydrogen) atoms. The molecule has 0 aliphatic carbocycles. The van der Waals surface area contributed by atoms with Crippen LogP contribution in [0.5, 0.6) is 0 Å². The molecule has 1 aromatic heterocycles. The van der Waals surface area contributed by atoms with E-state index in [1.54, 1.807) is 0 Å². The number of halogens is 1. The normalized spacial score (nSPS) is 16.9. The Morgan fingerprint density at radius 3 is 2.61 bits per heavy atom. The van der Waals surface area contributed by atoms with Crippen LogP contribution in [0, 0.1) is 0 Å². The molecule has 0 unspecified atom stereocenters. The molecule has 4 nitrogen and oxygen atoms in total. The number of benzene rings is 1. The maximum absolute atomic E-state index is 5.91. The standard InChI is InChI=1S/C13H15ClN4/c14-11-3-1-10(2-4-11)13-17-16-9-18(13)12-5-7-15-8-6-12/h1-4,9,12,15H,5-8H2. The molecule has 0 atom stereocenters. The van der Waals surface area contributed by atoms with Crippen LogP contribution in [0.25, 0.3) is 11.4 Å². The lowest BCUT2D eigenvalue weighted by atomic mass is 10.1. The molecule has 1 aromatic carbocycles. The number of rotatable bonds is 2. The molecular weight excluding hydrogens is 248 g/mol. The van der Waals surface area contributed by atoms with Gasteiger partial charge in [0.2, 0.25) is 0 Å². The van der Waals surface area contributed by atoms with Crippen LogP contribution in [-0.4, -0.2) is 27.9 Å². The fraction of sp³-hybridized carbons (Fsp3) is 0.385. The van der Waals surface area contributed by atoms with Crippen molar-refractivity contribution < 1.29 is 0 Å². The van der Waals surface area contributed by atoms with E-state index in [2.05, 4.69) is 20.1 Å². The van der Waals surface area contributed by atoms with Crippen LogP contribution < -0.4 is 5.32 Å². The van der Waals surface area contributed by atoms with E-state index in [1.165, 1.54) is 0 Å². The Labute approximate surface area is 111 Å². The molecule has 0 spiro atoms. The summed E-state index contributed by atoms with van der Waals surface area (Å²) in [6.45, 7) is 2.12. The van der Waals surface area contributed by atoms with Crippen LogP contribution in [0.2, 0.25) is 5.02 Å². The third kappa shape index (κ3) is 2.26. The van der Waals surface area contributed by atoms with Crippen LogP contribution in [-0.2, 0) is 0 Å². The summed E-state index contributed by atoms with van der Waals surface area (Å²) in [6, 6.07) is 8.25. The minimum atomic E-state index is 0.493. The second-order valence-electron chi connectivity index (χ2n) is 4.55. The molecule has 2 aromatic rings. The zero-order valence-corrected chi connectivity index (χ0v) is 10.8. The highest BCUT2D eigenvalue weighted by molar-refractivity contribution is 6.30. The summed E-state index contributed by atoms with van der Waals surface area (Å²) >= 11 is 5.91. The van der Waals surface area contributed by atoms with Gasteiger partial charge < -0.3 is 9.88 Å². The lowest BCUT2D eigenvalue weighted by Gasteiger charge is -2.24. The fourth-order valence-electron chi connectivity index (χ4n) is 2.40. The van der Waals surface area contributed by atoms with E-state index >= 15 is 0 Å². The van der Waals surface area contributed by atoms with Gasteiger partial charge in [0, 0.05) is 16.6 Å². The maximum Gasteiger partial charge on any atom is 0.164 e. The smallest absolute Gasteiger partial charge is 0.164 e. The molecule has 3 rings (SSSR count). The molecule has 1 aliphatic rings. The molecule has 0 bridgehead atoms. The highest BCUT2D eigenvalue weighted by Gasteiger charge is 2.18. The second kappa shape index (κ2) is 5.08. The zero-order chi connectivity index (χ0) is 12.4. The summed E-state index contributed by atoms with van der Waals surface area (Å²) in [5.74, 6) is 0.929. The first-order chi connectivity index (χ1) is 8.84. The van der Waals surface area contributed by atoms with Gasteiger partial charge in [0.05, 0.1) is 0 Å². The summed E-state index contributed by atoms with van der Waals surface area (Å²) in [6.07, 6.45) is 4.08. The third-order valence-corrected chi connectivity index (χ3v) is 3.63. The lowest BCUT2D eigenvalue weighted by molar-refractivity contribution is 0.370. The number of piperidine rings is 1. The van der Waals surface area contributed by atoms with Gasteiger partial charge in [-0.3, -0.25) is 0 Å². The quantitative estimate of drug-likeness (QED) is 0.904. The largest absolute Gasteiger partial charge is 0.317 e. The summed E-state index contributed by atoms with van der Waals surface area (Å²) in [5.41, 5.74) is 1.07. The van der Waals surface area contributed by atoms with Crippen LogP contribution in [0.4, 0.5) is 0 Å². The molecule has 0 amide bonds. The van der Waals surface area contributed by atoms with Gasteiger partial charge >= 0.3 is 0 Å². The molecule has 94 valence electrons. The first-order valence-electron chi connectivity index (χ1n) is 6.21. The Morgan fingerprint density at radius 1 is 1.17 bits per heavy atom. The minimum absolute atomic E-state index is 0.493. The molecular formula is C13H15ClN4. The van der Waals surface area contributed by atoms with Gasteiger partial charge in [0.25, 0.3) is 0 Å². The van der Waals surface area contributed by atoms with Crippen molar-refractivity contribution >= 4 is 11.6 Å². The van der Waals surface area contributed by atoms with Crippen LogP contribution in [0.3, 0.4) is 0 Å². The molecule has 0 saturated carbocycles. The maximum atomic E-state index is 5.91. The topological polar surface area (TPSA) is 42.7 Å². The third-order valence-electron chi connectivity index (χ3n) is 3.38. The Kier molecular flexibility index (Phi) is 3.30. The summed E-state index contributed by atoms with van der Waals surface area (Å²) in [5, 5.41) is 12.4. The van der Waals surface area contributed by atoms with Crippen LogP contribution >= 0.6 is 11.6 Å². The predicted octanol–water partition coefficient (Wildman–Crippen LogP) is 2.52. The number of aromatic nitrogens is 3.